The predicted octanol–water partition coefficient (Wildman–Crippen LogP) is 2.94. The molecule has 0 aliphatic heterocycles. The number of nitrogens with two attached hydrogens (primary N) is 1. The molecule has 1 amide bonds. The molecule has 0 heterocycles. The molecule has 3 N–H and O–H groups in total. The zero-order chi connectivity index (χ0) is 15.3. The molecule has 0 bridgehead atoms. The molecule has 0 saturated carbocycles. The minimum absolute atomic E-state index is 0.0920. The van der Waals surface area contributed by atoms with Gasteiger partial charge in [-0.15, -0.1) is 0 Å². The van der Waals surface area contributed by atoms with Gasteiger partial charge < -0.3 is 15.8 Å². The van der Waals surface area contributed by atoms with Crippen LogP contribution in [0.3, 0.4) is 0 Å². The van der Waals surface area contributed by atoms with Gasteiger partial charge in [0.05, 0.1) is 12.8 Å². The Hall–Kier alpha value is -1.71. The number of anilines is 1. The van der Waals surface area contributed by atoms with E-state index in [2.05, 4.69) is 33.0 Å². The molecule has 4 nitrogen and oxygen atoms in total. The summed E-state index contributed by atoms with van der Waals surface area (Å²) in [5, 5.41) is 2.99. The van der Waals surface area contributed by atoms with Gasteiger partial charge in [-0.05, 0) is 36.0 Å². The van der Waals surface area contributed by atoms with Crippen LogP contribution in [0, 0.1) is 17.8 Å². The number of methoxy groups -OCH3 is 1. The summed E-state index contributed by atoms with van der Waals surface area (Å²) in [6.07, 6.45) is 0. The highest BCUT2D eigenvalue weighted by atomic mass is 16.5. The Kier molecular flexibility index (Phi) is 5.86. The second-order valence-corrected chi connectivity index (χ2v) is 5.82. The van der Waals surface area contributed by atoms with Crippen molar-refractivity contribution in [2.45, 2.75) is 27.7 Å². The van der Waals surface area contributed by atoms with Gasteiger partial charge in [0.2, 0.25) is 0 Å². The number of ether oxygens (including phenoxy) is 1. The Morgan fingerprint density at radius 2 is 1.85 bits per heavy atom. The first-order valence-electron chi connectivity index (χ1n) is 7.08. The quantitative estimate of drug-likeness (QED) is 0.786. The number of benzene rings is 1. The number of nitrogens with one attached hydrogen (secondary N) is 1. The van der Waals surface area contributed by atoms with Crippen LogP contribution in [0.5, 0.6) is 5.75 Å². The predicted molar refractivity (Wildman–Crippen MR) is 82.9 cm³/mol. The molecule has 0 aromatic heterocycles. The van der Waals surface area contributed by atoms with E-state index in [0.29, 0.717) is 41.3 Å². The van der Waals surface area contributed by atoms with Gasteiger partial charge in [0.25, 0.3) is 5.91 Å². The van der Waals surface area contributed by atoms with Crippen molar-refractivity contribution >= 4 is 11.6 Å². The molecule has 0 spiro atoms. The Morgan fingerprint density at radius 3 is 2.30 bits per heavy atom. The van der Waals surface area contributed by atoms with E-state index >= 15 is 0 Å². The summed E-state index contributed by atoms with van der Waals surface area (Å²) in [5.41, 5.74) is 6.86. The van der Waals surface area contributed by atoms with Gasteiger partial charge in [-0.25, -0.2) is 0 Å². The molecule has 4 heteroatoms. The molecule has 0 aliphatic carbocycles. The summed E-state index contributed by atoms with van der Waals surface area (Å²) in [6, 6.07) is 5.09. The molecular formula is C16H26N2O2. The van der Waals surface area contributed by atoms with Gasteiger partial charge in [0, 0.05) is 12.1 Å². The minimum Gasteiger partial charge on any atom is -0.495 e. The fourth-order valence-corrected chi connectivity index (χ4v) is 2.43. The molecule has 1 rings (SSSR count). The van der Waals surface area contributed by atoms with E-state index in [9.17, 15) is 4.79 Å². The van der Waals surface area contributed by atoms with Crippen LogP contribution in [0.25, 0.3) is 0 Å². The SMILES string of the molecule is COc1ccc(C(=O)NCC(C(C)C)C(C)C)cc1N. The third-order valence-corrected chi connectivity index (χ3v) is 3.70. The number of hydrogen-bond acceptors (Lipinski definition) is 3. The Bertz CT molecular complexity index is 448. The van der Waals surface area contributed by atoms with Gasteiger partial charge in [-0.3, -0.25) is 4.79 Å². The van der Waals surface area contributed by atoms with Crippen molar-refractivity contribution in [3.05, 3.63) is 23.8 Å². The minimum atomic E-state index is -0.0920. The Balaban J connectivity index is 2.69. The summed E-state index contributed by atoms with van der Waals surface area (Å²) in [7, 11) is 1.56. The maximum atomic E-state index is 12.1. The van der Waals surface area contributed by atoms with Crippen LogP contribution in [0.4, 0.5) is 5.69 Å². The number of amides is 1. The second kappa shape index (κ2) is 7.17. The van der Waals surface area contributed by atoms with E-state index in [1.807, 2.05) is 0 Å². The summed E-state index contributed by atoms with van der Waals surface area (Å²) < 4.78 is 5.08. The zero-order valence-corrected chi connectivity index (χ0v) is 13.1. The third kappa shape index (κ3) is 4.15. The van der Waals surface area contributed by atoms with E-state index in [-0.39, 0.29) is 5.91 Å². The lowest BCUT2D eigenvalue weighted by atomic mass is 9.85. The molecule has 0 atom stereocenters. The summed E-state index contributed by atoms with van der Waals surface area (Å²) in [4.78, 5) is 12.1. The van der Waals surface area contributed by atoms with Crippen molar-refractivity contribution < 1.29 is 9.53 Å². The van der Waals surface area contributed by atoms with Crippen LogP contribution in [-0.4, -0.2) is 19.6 Å². The highest BCUT2D eigenvalue weighted by Crippen LogP contribution is 2.22. The highest BCUT2D eigenvalue weighted by molar-refractivity contribution is 5.95. The maximum absolute atomic E-state index is 12.1. The average Bonchev–Trinajstić information content (AvgIpc) is 2.37. The number of carbonyl (C=O) groups is 1. The lowest BCUT2D eigenvalue weighted by Gasteiger charge is -2.25. The Labute approximate surface area is 121 Å². The van der Waals surface area contributed by atoms with Crippen LogP contribution in [-0.2, 0) is 0 Å². The molecule has 0 unspecified atom stereocenters. The topological polar surface area (TPSA) is 64.3 Å². The van der Waals surface area contributed by atoms with Crippen molar-refractivity contribution in [3.63, 3.8) is 0 Å². The molecule has 20 heavy (non-hydrogen) atoms. The highest BCUT2D eigenvalue weighted by Gasteiger charge is 2.18. The molecule has 1 aromatic carbocycles. The maximum Gasteiger partial charge on any atom is 0.251 e. The van der Waals surface area contributed by atoms with Gasteiger partial charge in [-0.2, -0.15) is 0 Å². The monoisotopic (exact) mass is 278 g/mol. The fourth-order valence-electron chi connectivity index (χ4n) is 2.43. The summed E-state index contributed by atoms with van der Waals surface area (Å²) >= 11 is 0. The van der Waals surface area contributed by atoms with Gasteiger partial charge in [-0.1, -0.05) is 27.7 Å². The molecule has 0 saturated heterocycles. The lowest BCUT2D eigenvalue weighted by molar-refractivity contribution is 0.0937. The van der Waals surface area contributed by atoms with Crippen LogP contribution in [0.2, 0.25) is 0 Å². The van der Waals surface area contributed by atoms with Crippen LogP contribution in [0.15, 0.2) is 18.2 Å². The fraction of sp³-hybridized carbons (Fsp3) is 0.562. The van der Waals surface area contributed by atoms with Crippen LogP contribution >= 0.6 is 0 Å². The average molecular weight is 278 g/mol. The first kappa shape index (κ1) is 16.3. The second-order valence-electron chi connectivity index (χ2n) is 5.82. The van der Waals surface area contributed by atoms with Crippen LogP contribution in [0.1, 0.15) is 38.1 Å². The molecule has 0 fully saturated rings. The smallest absolute Gasteiger partial charge is 0.251 e. The summed E-state index contributed by atoms with van der Waals surface area (Å²) in [6.45, 7) is 9.41. The standard InChI is InChI=1S/C16H26N2O2/c1-10(2)13(11(3)4)9-18-16(19)12-6-7-15(20-5)14(17)8-12/h6-8,10-11,13H,9,17H2,1-5H3,(H,18,19). The number of hydrogen-bond donors (Lipinski definition) is 2. The van der Waals surface area contributed by atoms with E-state index in [1.165, 1.54) is 0 Å². The zero-order valence-electron chi connectivity index (χ0n) is 13.1. The van der Waals surface area contributed by atoms with E-state index in [4.69, 9.17) is 10.5 Å². The van der Waals surface area contributed by atoms with E-state index in [0.717, 1.165) is 0 Å². The Morgan fingerprint density at radius 1 is 1.25 bits per heavy atom. The van der Waals surface area contributed by atoms with Gasteiger partial charge in [0.15, 0.2) is 0 Å². The van der Waals surface area contributed by atoms with E-state index in [1.54, 1.807) is 25.3 Å². The molecule has 1 aromatic rings. The first-order valence-corrected chi connectivity index (χ1v) is 7.08. The van der Waals surface area contributed by atoms with Crippen LogP contribution < -0.4 is 15.8 Å². The van der Waals surface area contributed by atoms with Crippen molar-refractivity contribution in [3.8, 4) is 5.75 Å². The van der Waals surface area contributed by atoms with Crippen molar-refractivity contribution in [2.24, 2.45) is 17.8 Å². The normalized spacial score (nSPS) is 11.2. The van der Waals surface area contributed by atoms with Gasteiger partial charge in [0.1, 0.15) is 5.75 Å². The van der Waals surface area contributed by atoms with Crippen molar-refractivity contribution in [2.75, 3.05) is 19.4 Å². The number of rotatable bonds is 6. The number of carbonyl (C=O) groups excluding carboxylic acids is 1. The number of nitrogen functional groups attached to an aromatic ring is 1. The lowest BCUT2D eigenvalue weighted by Crippen LogP contribution is -2.33. The van der Waals surface area contributed by atoms with Crippen molar-refractivity contribution in [1.82, 2.24) is 5.32 Å². The summed E-state index contributed by atoms with van der Waals surface area (Å²) in [5.74, 6) is 2.04. The molecule has 112 valence electrons. The molecule has 0 aliphatic rings. The largest absolute Gasteiger partial charge is 0.495 e. The third-order valence-electron chi connectivity index (χ3n) is 3.70. The molecular weight excluding hydrogens is 252 g/mol. The van der Waals surface area contributed by atoms with Gasteiger partial charge >= 0.3 is 0 Å². The van der Waals surface area contributed by atoms with Crippen molar-refractivity contribution in [1.29, 1.82) is 0 Å². The molecule has 0 radical (unpaired) electrons. The first-order chi connectivity index (χ1) is 9.36. The van der Waals surface area contributed by atoms with E-state index < -0.39 is 0 Å².